The first kappa shape index (κ1) is 22.9. The smallest absolute Gasteiger partial charge is 0.277 e. The van der Waals surface area contributed by atoms with E-state index in [-0.39, 0.29) is 25.0 Å². The molecule has 2 aliphatic heterocycles. The number of hydrogen-bond acceptors (Lipinski definition) is 5. The summed E-state index contributed by atoms with van der Waals surface area (Å²) in [5, 5.41) is 0. The van der Waals surface area contributed by atoms with Crippen LogP contribution in [-0.4, -0.2) is 55.0 Å². The molecular formula is C27H32N2O4. The van der Waals surface area contributed by atoms with Crippen LogP contribution in [-0.2, 0) is 9.59 Å². The van der Waals surface area contributed by atoms with E-state index >= 15 is 0 Å². The number of aryl methyl sites for hydroxylation is 2. The van der Waals surface area contributed by atoms with Gasteiger partial charge >= 0.3 is 0 Å². The summed E-state index contributed by atoms with van der Waals surface area (Å²) in [5.74, 6) is 1.44. The van der Waals surface area contributed by atoms with Gasteiger partial charge in [-0.15, -0.1) is 0 Å². The molecule has 1 atom stereocenters. The van der Waals surface area contributed by atoms with E-state index < -0.39 is 0 Å². The largest absolute Gasteiger partial charge is 0.497 e. The van der Waals surface area contributed by atoms with Crippen molar-refractivity contribution in [1.82, 2.24) is 9.80 Å². The van der Waals surface area contributed by atoms with E-state index in [0.29, 0.717) is 22.9 Å². The lowest BCUT2D eigenvalue weighted by molar-refractivity contribution is -0.138. The zero-order valence-corrected chi connectivity index (χ0v) is 19.9. The average molecular weight is 449 g/mol. The number of piperidine rings is 1. The zero-order chi connectivity index (χ0) is 23.5. The molecule has 2 heterocycles. The number of carbonyl (C=O) groups excluding carboxylic acids is 2. The maximum Gasteiger partial charge on any atom is 0.277 e. The Bertz CT molecular complexity index is 1070. The predicted molar refractivity (Wildman–Crippen MR) is 128 cm³/mol. The number of amides is 2. The summed E-state index contributed by atoms with van der Waals surface area (Å²) in [7, 11) is 1.61. The number of likely N-dealkylation sites (tertiary alicyclic amines) is 1. The average Bonchev–Trinajstić information content (AvgIpc) is 3.06. The molecule has 33 heavy (non-hydrogen) atoms. The Morgan fingerprint density at radius 3 is 2.36 bits per heavy atom. The van der Waals surface area contributed by atoms with E-state index in [1.807, 2.05) is 56.3 Å². The lowest BCUT2D eigenvalue weighted by Crippen LogP contribution is -2.40. The molecule has 6 heteroatoms. The highest BCUT2D eigenvalue weighted by molar-refractivity contribution is 6.35. The van der Waals surface area contributed by atoms with Crippen molar-refractivity contribution in [3.05, 3.63) is 64.9 Å². The van der Waals surface area contributed by atoms with E-state index in [9.17, 15) is 9.59 Å². The van der Waals surface area contributed by atoms with Gasteiger partial charge in [-0.3, -0.25) is 14.5 Å². The number of benzene rings is 2. The lowest BCUT2D eigenvalue weighted by Gasteiger charge is -2.33. The Balaban J connectivity index is 1.57. The van der Waals surface area contributed by atoms with Crippen molar-refractivity contribution in [1.29, 1.82) is 0 Å². The highest BCUT2D eigenvalue weighted by atomic mass is 16.5. The van der Waals surface area contributed by atoms with Gasteiger partial charge in [0, 0.05) is 13.1 Å². The monoisotopic (exact) mass is 448 g/mol. The molecule has 2 amide bonds. The molecule has 0 saturated carbocycles. The van der Waals surface area contributed by atoms with Crippen molar-refractivity contribution in [3.8, 4) is 11.5 Å². The predicted octanol–water partition coefficient (Wildman–Crippen LogP) is 4.20. The van der Waals surface area contributed by atoms with Crippen molar-refractivity contribution in [3.63, 3.8) is 0 Å². The highest BCUT2D eigenvalue weighted by Crippen LogP contribution is 2.34. The molecular weight excluding hydrogens is 416 g/mol. The fraction of sp³-hybridized carbons (Fsp3) is 0.407. The Kier molecular flexibility index (Phi) is 6.72. The molecule has 2 aromatic rings. The Morgan fingerprint density at radius 2 is 1.70 bits per heavy atom. The number of nitrogens with zero attached hydrogens (tertiary/aromatic N) is 2. The molecule has 2 aliphatic rings. The SMILES string of the molecule is COc1ccc(OCCN2C(=O)C(c3ccc(C)c(C)c3)=C(N3CCCC(C)C3)C2=O)cc1. The number of imide groups is 1. The second-order valence-corrected chi connectivity index (χ2v) is 9.00. The third kappa shape index (κ3) is 4.75. The van der Waals surface area contributed by atoms with Gasteiger partial charge in [0.2, 0.25) is 0 Å². The van der Waals surface area contributed by atoms with Crippen LogP contribution in [0.1, 0.15) is 36.5 Å². The number of ether oxygens (including phenoxy) is 2. The van der Waals surface area contributed by atoms with Crippen molar-refractivity contribution < 1.29 is 19.1 Å². The van der Waals surface area contributed by atoms with Crippen LogP contribution in [0.2, 0.25) is 0 Å². The van der Waals surface area contributed by atoms with E-state index in [4.69, 9.17) is 9.47 Å². The molecule has 0 bridgehead atoms. The second kappa shape index (κ2) is 9.69. The minimum atomic E-state index is -0.241. The topological polar surface area (TPSA) is 59.1 Å². The summed E-state index contributed by atoms with van der Waals surface area (Å²) >= 11 is 0. The van der Waals surface area contributed by atoms with Gasteiger partial charge in [-0.25, -0.2) is 0 Å². The van der Waals surface area contributed by atoms with E-state index in [2.05, 4.69) is 11.8 Å². The molecule has 1 saturated heterocycles. The molecule has 1 unspecified atom stereocenters. The lowest BCUT2D eigenvalue weighted by atomic mass is 9.96. The van der Waals surface area contributed by atoms with E-state index in [0.717, 1.165) is 48.4 Å². The first-order valence-electron chi connectivity index (χ1n) is 11.6. The minimum absolute atomic E-state index is 0.199. The third-order valence-corrected chi connectivity index (χ3v) is 6.56. The van der Waals surface area contributed by atoms with Gasteiger partial charge in [-0.05, 0) is 73.6 Å². The summed E-state index contributed by atoms with van der Waals surface area (Å²) in [6.07, 6.45) is 2.16. The maximum absolute atomic E-state index is 13.5. The fourth-order valence-corrected chi connectivity index (χ4v) is 4.54. The van der Waals surface area contributed by atoms with Crippen LogP contribution in [0, 0.1) is 19.8 Å². The molecule has 4 rings (SSSR count). The molecule has 174 valence electrons. The van der Waals surface area contributed by atoms with Crippen molar-refractivity contribution in [2.24, 2.45) is 5.92 Å². The van der Waals surface area contributed by atoms with Crippen molar-refractivity contribution in [2.75, 3.05) is 33.4 Å². The zero-order valence-electron chi connectivity index (χ0n) is 19.9. The molecule has 0 aliphatic carbocycles. The first-order chi connectivity index (χ1) is 15.9. The first-order valence-corrected chi connectivity index (χ1v) is 11.6. The fourth-order valence-electron chi connectivity index (χ4n) is 4.54. The number of carbonyl (C=O) groups is 2. The van der Waals surface area contributed by atoms with Gasteiger partial charge in [-0.2, -0.15) is 0 Å². The minimum Gasteiger partial charge on any atom is -0.497 e. The quantitative estimate of drug-likeness (QED) is 0.594. The molecule has 2 aromatic carbocycles. The van der Waals surface area contributed by atoms with Crippen LogP contribution < -0.4 is 9.47 Å². The van der Waals surface area contributed by atoms with Crippen LogP contribution in [0.15, 0.2) is 48.2 Å². The van der Waals surface area contributed by atoms with Crippen LogP contribution in [0.4, 0.5) is 0 Å². The number of hydrogen-bond donors (Lipinski definition) is 0. The second-order valence-electron chi connectivity index (χ2n) is 9.00. The van der Waals surface area contributed by atoms with Gasteiger partial charge in [0.15, 0.2) is 0 Å². The molecule has 0 aromatic heterocycles. The van der Waals surface area contributed by atoms with Crippen molar-refractivity contribution in [2.45, 2.75) is 33.6 Å². The van der Waals surface area contributed by atoms with Crippen LogP contribution in [0.3, 0.4) is 0 Å². The van der Waals surface area contributed by atoms with Crippen LogP contribution in [0.5, 0.6) is 11.5 Å². The summed E-state index contributed by atoms with van der Waals surface area (Å²) in [4.78, 5) is 30.5. The molecule has 6 nitrogen and oxygen atoms in total. The van der Waals surface area contributed by atoms with E-state index in [1.165, 1.54) is 4.90 Å². The van der Waals surface area contributed by atoms with Crippen LogP contribution in [0.25, 0.3) is 5.57 Å². The van der Waals surface area contributed by atoms with Crippen molar-refractivity contribution >= 4 is 17.4 Å². The van der Waals surface area contributed by atoms with Gasteiger partial charge in [0.1, 0.15) is 23.8 Å². The Hall–Kier alpha value is -3.28. The normalized spacial score (nSPS) is 18.8. The summed E-state index contributed by atoms with van der Waals surface area (Å²) < 4.78 is 11.0. The summed E-state index contributed by atoms with van der Waals surface area (Å²) in [6.45, 7) is 8.29. The van der Waals surface area contributed by atoms with Gasteiger partial charge in [-0.1, -0.05) is 25.1 Å². The van der Waals surface area contributed by atoms with E-state index in [1.54, 1.807) is 7.11 Å². The summed E-state index contributed by atoms with van der Waals surface area (Å²) in [6, 6.07) is 13.2. The summed E-state index contributed by atoms with van der Waals surface area (Å²) in [5.41, 5.74) is 4.13. The standard InChI is InChI=1S/C27H32N2O4/c1-18-6-5-13-28(17-18)25-24(21-8-7-19(2)20(3)16-21)26(30)29(27(25)31)14-15-33-23-11-9-22(32-4)10-12-23/h7-12,16,18H,5-6,13-15,17H2,1-4H3. The van der Waals surface area contributed by atoms with Gasteiger partial charge in [0.25, 0.3) is 11.8 Å². The molecule has 0 radical (unpaired) electrons. The highest BCUT2D eigenvalue weighted by Gasteiger charge is 2.42. The maximum atomic E-state index is 13.5. The van der Waals surface area contributed by atoms with Gasteiger partial charge < -0.3 is 14.4 Å². The Labute approximate surface area is 195 Å². The molecule has 0 spiro atoms. The third-order valence-electron chi connectivity index (χ3n) is 6.56. The molecule has 1 fully saturated rings. The number of rotatable bonds is 7. The number of methoxy groups -OCH3 is 1. The Morgan fingerprint density at radius 1 is 0.970 bits per heavy atom. The van der Waals surface area contributed by atoms with Crippen LogP contribution >= 0.6 is 0 Å². The van der Waals surface area contributed by atoms with Gasteiger partial charge in [0.05, 0.1) is 19.2 Å². The molecule has 0 N–H and O–H groups in total.